The van der Waals surface area contributed by atoms with Crippen molar-refractivity contribution in [1.29, 1.82) is 0 Å². The Bertz CT molecular complexity index is 37.9. The van der Waals surface area contributed by atoms with Crippen molar-refractivity contribution in [2.45, 2.75) is 0 Å². The van der Waals surface area contributed by atoms with Crippen molar-refractivity contribution in [3.63, 3.8) is 0 Å². The average molecular weight is 167 g/mol. The van der Waals surface area contributed by atoms with Crippen molar-refractivity contribution >= 4 is 93.8 Å². The van der Waals surface area contributed by atoms with E-state index in [-0.39, 0.29) is 84.7 Å². The van der Waals surface area contributed by atoms with Crippen LogP contribution in [0.4, 0.5) is 0 Å². The van der Waals surface area contributed by atoms with Gasteiger partial charge >= 0.3 is 67.3 Å². The zero-order valence-corrected chi connectivity index (χ0v) is 7.37. The van der Waals surface area contributed by atoms with Gasteiger partial charge in [-0.25, -0.2) is 0 Å². The Labute approximate surface area is 106 Å². The molecule has 3 nitrogen and oxygen atoms in total. The molecule has 0 aliphatic rings. The quantitative estimate of drug-likeness (QED) is 0.343. The van der Waals surface area contributed by atoms with E-state index in [1.165, 1.54) is 0 Å². The van der Waals surface area contributed by atoms with E-state index >= 15 is 0 Å². The van der Waals surface area contributed by atoms with Crippen LogP contribution >= 0.6 is 0 Å². The summed E-state index contributed by atoms with van der Waals surface area (Å²) in [6.07, 6.45) is 0. The molecule has 0 amide bonds. The number of rotatable bonds is 0. The first-order valence-corrected chi connectivity index (χ1v) is 1.84. The third kappa shape index (κ3) is 59.5. The van der Waals surface area contributed by atoms with Crippen LogP contribution in [0.2, 0.25) is 0 Å². The second kappa shape index (κ2) is 15.8. The fraction of sp³-hybridized carbons (Fsp3) is 0. The van der Waals surface area contributed by atoms with E-state index in [0.717, 1.165) is 0 Å². The molecule has 0 atom stereocenters. The second-order valence-corrected chi connectivity index (χ2v) is 0.750. The Morgan fingerprint density at radius 2 is 1.29 bits per heavy atom. The average Bonchev–Trinajstić information content (AvgIpc) is 0.811. The maximum absolute atomic E-state index is 8.52. The van der Waals surface area contributed by atoms with Crippen molar-refractivity contribution in [1.82, 2.24) is 0 Å². The monoisotopic (exact) mass is 167 g/mol. The molecule has 0 bridgehead atoms. The molecule has 0 rings (SSSR count). The molecule has 0 aromatic rings. The van der Waals surface area contributed by atoms with Gasteiger partial charge < -0.3 is 14.1 Å². The van der Waals surface area contributed by atoms with Gasteiger partial charge in [-0.1, -0.05) is 0 Å². The molecule has 0 aliphatic carbocycles. The Morgan fingerprint density at radius 3 is 1.29 bits per heavy atom. The van der Waals surface area contributed by atoms with E-state index in [9.17, 15) is 0 Å². The van der Waals surface area contributed by atoms with E-state index in [2.05, 4.69) is 0 Å². The normalized spacial score (nSPS) is 3.43. The van der Waals surface area contributed by atoms with Gasteiger partial charge in [0, 0.05) is 26.5 Å². The van der Waals surface area contributed by atoms with Crippen LogP contribution in [0.3, 0.4) is 0 Å². The predicted octanol–water partition coefficient (Wildman–Crippen LogP) is -4.29. The summed E-state index contributed by atoms with van der Waals surface area (Å²) in [5.74, 6) is 0. The first-order chi connectivity index (χ1) is 1.73. The Kier molecular flexibility index (Phi) is 51.3. The molecule has 0 aliphatic heterocycles. The topological polar surface area (TPSA) is 63.2 Å². The van der Waals surface area contributed by atoms with Crippen LogP contribution in [0.1, 0.15) is 0 Å². The van der Waals surface area contributed by atoms with Gasteiger partial charge in [0.15, 0.2) is 0 Å². The summed E-state index contributed by atoms with van der Waals surface area (Å²) < 4.78 is 8.52. The van der Waals surface area contributed by atoms with Crippen molar-refractivity contribution in [3.05, 3.63) is 0 Å². The van der Waals surface area contributed by atoms with Crippen LogP contribution in [0.5, 0.6) is 0 Å². The molecule has 0 saturated heterocycles. The fourth-order valence-corrected chi connectivity index (χ4v) is 0. The van der Waals surface area contributed by atoms with Crippen molar-refractivity contribution in [3.8, 4) is 0 Å². The van der Waals surface area contributed by atoms with Gasteiger partial charge in [0.25, 0.3) is 0 Å². The van der Waals surface area contributed by atoms with E-state index in [0.29, 0.717) is 0 Å². The molecule has 3 radical (unpaired) electrons. The molecular formula is HAlCaNaO3Si. The third-order valence-electron chi connectivity index (χ3n) is 0. The van der Waals surface area contributed by atoms with E-state index in [4.69, 9.17) is 14.1 Å². The molecule has 0 aromatic heterocycles. The number of hydrogen-bond acceptors (Lipinski definition) is 3. The van der Waals surface area contributed by atoms with Crippen LogP contribution in [-0.4, -0.2) is 93.8 Å². The SMILES string of the molecule is O=[Si]([O-])[O-].[Al].[Ca+2].[NaH]. The summed E-state index contributed by atoms with van der Waals surface area (Å²) in [5, 5.41) is 0. The van der Waals surface area contributed by atoms with Crippen LogP contribution in [0.25, 0.3) is 0 Å². The van der Waals surface area contributed by atoms with Crippen molar-refractivity contribution in [2.24, 2.45) is 0 Å². The summed E-state index contributed by atoms with van der Waals surface area (Å²) in [5.41, 5.74) is 0. The van der Waals surface area contributed by atoms with Crippen LogP contribution in [0.15, 0.2) is 0 Å². The summed E-state index contributed by atoms with van der Waals surface area (Å²) in [6, 6.07) is 0. The van der Waals surface area contributed by atoms with Crippen molar-refractivity contribution < 1.29 is 14.1 Å². The standard InChI is InChI=1S/Al.Ca.Na.O3Si.H/c;;;1-4(2)3;/q;+2;;-2;. The van der Waals surface area contributed by atoms with Gasteiger partial charge in [-0.2, -0.15) is 0 Å². The number of hydrogen-bond donors (Lipinski definition) is 0. The van der Waals surface area contributed by atoms with Gasteiger partial charge in [0.2, 0.25) is 0 Å². The minimum atomic E-state index is -3.63. The molecule has 0 fully saturated rings. The zero-order valence-electron chi connectivity index (χ0n) is 3.01. The Hall–Kier alpha value is 2.41. The van der Waals surface area contributed by atoms with E-state index < -0.39 is 9.17 Å². The third-order valence-corrected chi connectivity index (χ3v) is 0. The van der Waals surface area contributed by atoms with Gasteiger partial charge in [0.1, 0.15) is 0 Å². The summed E-state index contributed by atoms with van der Waals surface area (Å²) in [4.78, 5) is 17.0. The van der Waals surface area contributed by atoms with Gasteiger partial charge in [0.05, 0.1) is 0 Å². The molecule has 7 heteroatoms. The minimum absolute atomic E-state index is 0. The van der Waals surface area contributed by atoms with Crippen LogP contribution < -0.4 is 9.59 Å². The van der Waals surface area contributed by atoms with E-state index in [1.807, 2.05) is 0 Å². The van der Waals surface area contributed by atoms with Gasteiger partial charge in [-0.3, -0.25) is 0 Å². The molecule has 7 heavy (non-hydrogen) atoms. The van der Waals surface area contributed by atoms with Crippen LogP contribution in [0, 0.1) is 0 Å². The molecule has 0 spiro atoms. The summed E-state index contributed by atoms with van der Waals surface area (Å²) in [7, 11) is -3.63. The molecule has 0 saturated carbocycles. The fourth-order valence-electron chi connectivity index (χ4n) is 0. The van der Waals surface area contributed by atoms with Gasteiger partial charge in [-0.15, -0.1) is 0 Å². The van der Waals surface area contributed by atoms with Gasteiger partial charge in [-0.05, 0) is 0 Å². The predicted molar refractivity (Wildman–Crippen MR) is 25.1 cm³/mol. The first kappa shape index (κ1) is 22.7. The zero-order chi connectivity index (χ0) is 3.58. The first-order valence-electron chi connectivity index (χ1n) is 0.612. The molecule has 0 unspecified atom stereocenters. The summed E-state index contributed by atoms with van der Waals surface area (Å²) >= 11 is 0. The Balaban J connectivity index is -0.0000000150. The maximum atomic E-state index is 8.52. The molecule has 0 heterocycles. The van der Waals surface area contributed by atoms with Crippen LogP contribution in [-0.2, 0) is 4.46 Å². The van der Waals surface area contributed by atoms with Crippen molar-refractivity contribution in [2.75, 3.05) is 0 Å². The molecule has 29 valence electrons. The summed E-state index contributed by atoms with van der Waals surface area (Å²) in [6.45, 7) is 0. The molecule has 0 N–H and O–H groups in total. The second-order valence-electron chi connectivity index (χ2n) is 0.250. The molecular weight excluding hydrogens is 166 g/mol. The molecule has 0 aromatic carbocycles. The Morgan fingerprint density at radius 1 is 1.29 bits per heavy atom. The van der Waals surface area contributed by atoms with E-state index in [1.54, 1.807) is 0 Å².